The van der Waals surface area contributed by atoms with Crippen LogP contribution in [0.25, 0.3) is 0 Å². The maximum Gasteiger partial charge on any atom is 0.410 e. The molecule has 3 rings (SSSR count). The number of thiazole rings is 1. The smallest absolute Gasteiger partial charge is 0.410 e. The van der Waals surface area contributed by atoms with Gasteiger partial charge in [0.1, 0.15) is 12.6 Å². The molecule has 1 fully saturated rings. The van der Waals surface area contributed by atoms with Crippen LogP contribution in [0.5, 0.6) is 0 Å². The van der Waals surface area contributed by atoms with Gasteiger partial charge in [-0.2, -0.15) is 0 Å². The van der Waals surface area contributed by atoms with E-state index < -0.39 is 16.1 Å². The zero-order valence-corrected chi connectivity index (χ0v) is 17.8. The number of nitrogens with one attached hydrogen (secondary N) is 1. The molecule has 1 saturated heterocycles. The molecular formula is C19H22N4O4S2. The number of piperazine rings is 1. The standard InChI is InChI=1S/C19H22N4O4S2/c1-3-7-16-13-22(19(24)27-14-15-8-5-4-6-9-15)10-11-23(16)18-21-12-17(28-18)29(25,26)20-2/h4-6,8-9,12,16,20H,10-11,13-14H2,1-2H3/t16-/m0/s1. The highest BCUT2D eigenvalue weighted by atomic mass is 32.2. The van der Waals surface area contributed by atoms with Gasteiger partial charge in [-0.1, -0.05) is 47.6 Å². The van der Waals surface area contributed by atoms with E-state index in [1.165, 1.54) is 13.2 Å². The fourth-order valence-electron chi connectivity index (χ4n) is 2.89. The zero-order chi connectivity index (χ0) is 20.9. The summed E-state index contributed by atoms with van der Waals surface area (Å²) >= 11 is 1.08. The zero-order valence-electron chi connectivity index (χ0n) is 16.2. The van der Waals surface area contributed by atoms with Crippen LogP contribution in [0, 0.1) is 11.8 Å². The highest BCUT2D eigenvalue weighted by Crippen LogP contribution is 2.29. The van der Waals surface area contributed by atoms with Gasteiger partial charge in [-0.3, -0.25) is 0 Å². The lowest BCUT2D eigenvalue weighted by atomic mass is 10.2. The fourth-order valence-corrected chi connectivity index (χ4v) is 4.92. The van der Waals surface area contributed by atoms with E-state index in [0.29, 0.717) is 24.8 Å². The van der Waals surface area contributed by atoms with Crippen molar-refractivity contribution < 1.29 is 17.9 Å². The monoisotopic (exact) mass is 434 g/mol. The summed E-state index contributed by atoms with van der Waals surface area (Å²) < 4.78 is 31.8. The SMILES string of the molecule is CC#C[C@H]1CN(C(=O)OCc2ccccc2)CCN1c1ncc(S(=O)(=O)NC)s1. The number of hydrogen-bond acceptors (Lipinski definition) is 7. The van der Waals surface area contributed by atoms with Crippen LogP contribution in [0.3, 0.4) is 0 Å². The van der Waals surface area contributed by atoms with Crippen molar-refractivity contribution >= 4 is 32.6 Å². The number of carbonyl (C=O) groups is 1. The van der Waals surface area contributed by atoms with Crippen LogP contribution in [0.15, 0.2) is 40.7 Å². The summed E-state index contributed by atoms with van der Waals surface area (Å²) in [7, 11) is -2.18. The summed E-state index contributed by atoms with van der Waals surface area (Å²) in [4.78, 5) is 20.3. The van der Waals surface area contributed by atoms with Crippen LogP contribution in [-0.2, 0) is 21.4 Å². The Morgan fingerprint density at radius 3 is 2.79 bits per heavy atom. The molecule has 0 radical (unpaired) electrons. The average molecular weight is 435 g/mol. The lowest BCUT2D eigenvalue weighted by molar-refractivity contribution is 0.0916. The first-order chi connectivity index (χ1) is 13.9. The molecule has 1 aromatic heterocycles. The van der Waals surface area contributed by atoms with Gasteiger partial charge in [0.25, 0.3) is 10.0 Å². The summed E-state index contributed by atoms with van der Waals surface area (Å²) in [6.07, 6.45) is 0.942. The number of ether oxygens (including phenoxy) is 1. The van der Waals surface area contributed by atoms with Gasteiger partial charge in [0.15, 0.2) is 9.34 Å². The molecule has 1 aliphatic heterocycles. The topological polar surface area (TPSA) is 91.8 Å². The van der Waals surface area contributed by atoms with Crippen LogP contribution in [0.2, 0.25) is 0 Å². The fraction of sp³-hybridized carbons (Fsp3) is 0.368. The number of hydrogen-bond donors (Lipinski definition) is 1. The number of anilines is 1. The minimum Gasteiger partial charge on any atom is -0.445 e. The summed E-state index contributed by atoms with van der Waals surface area (Å²) in [5.41, 5.74) is 0.922. The number of carbonyl (C=O) groups excluding carboxylic acids is 1. The minimum absolute atomic E-state index is 0.142. The van der Waals surface area contributed by atoms with Crippen molar-refractivity contribution in [3.05, 3.63) is 42.1 Å². The summed E-state index contributed by atoms with van der Waals surface area (Å²) in [5.74, 6) is 5.96. The average Bonchev–Trinajstić information content (AvgIpc) is 3.24. The van der Waals surface area contributed by atoms with Crippen LogP contribution in [0.1, 0.15) is 12.5 Å². The molecule has 1 N–H and O–H groups in total. The molecule has 0 spiro atoms. The Morgan fingerprint density at radius 1 is 1.34 bits per heavy atom. The highest BCUT2D eigenvalue weighted by molar-refractivity contribution is 7.91. The Balaban J connectivity index is 1.68. The van der Waals surface area contributed by atoms with Gasteiger partial charge in [-0.25, -0.2) is 22.9 Å². The Morgan fingerprint density at radius 2 is 2.10 bits per heavy atom. The Bertz CT molecular complexity index is 1010. The number of sulfonamides is 1. The van der Waals surface area contributed by atoms with Crippen molar-refractivity contribution in [3.8, 4) is 11.8 Å². The molecule has 29 heavy (non-hydrogen) atoms. The third-order valence-electron chi connectivity index (χ3n) is 4.41. The molecule has 1 aliphatic rings. The van der Waals surface area contributed by atoms with Gasteiger partial charge in [-0.05, 0) is 19.5 Å². The van der Waals surface area contributed by atoms with E-state index in [2.05, 4.69) is 21.5 Å². The van der Waals surface area contributed by atoms with E-state index in [9.17, 15) is 13.2 Å². The number of benzene rings is 1. The molecule has 1 amide bonds. The van der Waals surface area contributed by atoms with Gasteiger partial charge in [0.2, 0.25) is 0 Å². The Labute approximate surface area is 174 Å². The molecule has 2 heterocycles. The second-order valence-corrected chi connectivity index (χ2v) is 9.38. The van der Waals surface area contributed by atoms with Crippen LogP contribution >= 0.6 is 11.3 Å². The molecule has 1 atom stereocenters. The molecule has 154 valence electrons. The minimum atomic E-state index is -3.54. The number of rotatable bonds is 5. The van der Waals surface area contributed by atoms with Crippen LogP contribution in [-0.4, -0.2) is 57.1 Å². The van der Waals surface area contributed by atoms with Crippen molar-refractivity contribution in [1.29, 1.82) is 0 Å². The van der Waals surface area contributed by atoms with E-state index in [1.807, 2.05) is 35.2 Å². The second kappa shape index (κ2) is 9.26. The summed E-state index contributed by atoms with van der Waals surface area (Å²) in [5, 5.41) is 0.559. The molecular weight excluding hydrogens is 412 g/mol. The lowest BCUT2D eigenvalue weighted by Gasteiger charge is -2.38. The second-order valence-electron chi connectivity index (χ2n) is 6.26. The third-order valence-corrected chi connectivity index (χ3v) is 7.32. The van der Waals surface area contributed by atoms with E-state index in [1.54, 1.807) is 11.8 Å². The van der Waals surface area contributed by atoms with Gasteiger partial charge in [-0.15, -0.1) is 5.92 Å². The van der Waals surface area contributed by atoms with Gasteiger partial charge >= 0.3 is 6.09 Å². The first-order valence-electron chi connectivity index (χ1n) is 8.98. The molecule has 0 saturated carbocycles. The largest absolute Gasteiger partial charge is 0.445 e. The maximum atomic E-state index is 12.5. The predicted molar refractivity (Wildman–Crippen MR) is 111 cm³/mol. The van der Waals surface area contributed by atoms with Crippen LogP contribution < -0.4 is 9.62 Å². The van der Waals surface area contributed by atoms with E-state index in [-0.39, 0.29) is 16.9 Å². The van der Waals surface area contributed by atoms with Crippen LogP contribution in [0.4, 0.5) is 9.93 Å². The molecule has 0 bridgehead atoms. The summed E-state index contributed by atoms with van der Waals surface area (Å²) in [6.45, 7) is 3.20. The highest BCUT2D eigenvalue weighted by Gasteiger charge is 2.31. The molecule has 1 aromatic carbocycles. The van der Waals surface area contributed by atoms with Crippen molar-refractivity contribution in [1.82, 2.24) is 14.6 Å². The summed E-state index contributed by atoms with van der Waals surface area (Å²) in [6, 6.07) is 9.20. The number of amides is 1. The molecule has 10 heteroatoms. The van der Waals surface area contributed by atoms with Crippen molar-refractivity contribution in [2.75, 3.05) is 31.6 Å². The molecule has 0 unspecified atom stereocenters. The maximum absolute atomic E-state index is 12.5. The Kier molecular flexibility index (Phi) is 6.74. The molecule has 2 aromatic rings. The van der Waals surface area contributed by atoms with E-state index in [4.69, 9.17) is 4.74 Å². The van der Waals surface area contributed by atoms with Crippen molar-refractivity contribution in [2.24, 2.45) is 0 Å². The molecule has 8 nitrogen and oxygen atoms in total. The Hall–Kier alpha value is -2.61. The third kappa shape index (κ3) is 5.06. The van der Waals surface area contributed by atoms with Gasteiger partial charge in [0, 0.05) is 13.1 Å². The van der Waals surface area contributed by atoms with E-state index >= 15 is 0 Å². The predicted octanol–water partition coefficient (Wildman–Crippen LogP) is 1.90. The number of aromatic nitrogens is 1. The van der Waals surface area contributed by atoms with E-state index in [0.717, 1.165) is 16.9 Å². The van der Waals surface area contributed by atoms with Gasteiger partial charge in [0.05, 0.1) is 12.7 Å². The quantitative estimate of drug-likeness (QED) is 0.723. The van der Waals surface area contributed by atoms with Crippen molar-refractivity contribution in [2.45, 2.75) is 23.8 Å². The first kappa shape index (κ1) is 21.1. The number of nitrogens with zero attached hydrogens (tertiary/aromatic N) is 3. The first-order valence-corrected chi connectivity index (χ1v) is 11.3. The van der Waals surface area contributed by atoms with Crippen molar-refractivity contribution in [3.63, 3.8) is 0 Å². The lowest BCUT2D eigenvalue weighted by Crippen LogP contribution is -2.54. The van der Waals surface area contributed by atoms with Gasteiger partial charge < -0.3 is 14.5 Å². The normalized spacial score (nSPS) is 16.8. The molecule has 0 aliphatic carbocycles.